The van der Waals surface area contributed by atoms with Gasteiger partial charge < -0.3 is 0 Å². The Kier molecular flexibility index (Phi) is 3.50. The third kappa shape index (κ3) is 2.37. The van der Waals surface area contributed by atoms with Crippen LogP contribution in [-0.4, -0.2) is 4.98 Å². The smallest absolute Gasteiger partial charge is 0.0786 e. The second-order valence-electron chi connectivity index (χ2n) is 6.46. The lowest BCUT2D eigenvalue weighted by molar-refractivity contribution is 1.36. The predicted octanol–water partition coefficient (Wildman–Crippen LogP) is 6.72. The average Bonchev–Trinajstić information content (AvgIpc) is 2.74. The van der Waals surface area contributed by atoms with Crippen molar-refractivity contribution in [2.45, 2.75) is 0 Å². The van der Waals surface area contributed by atoms with E-state index in [0.717, 1.165) is 11.3 Å². The number of hydrogen-bond donors (Lipinski definition) is 0. The lowest BCUT2D eigenvalue weighted by Crippen LogP contribution is -1.92. The Balaban J connectivity index is 1.93. The SMILES string of the molecule is c1ccc(-c2ncc3c(ccc4ccccc43)c2-c2ccccc2)cc1. The van der Waals surface area contributed by atoms with Crippen LogP contribution in [0, 0.1) is 0 Å². The fourth-order valence-electron chi connectivity index (χ4n) is 3.69. The van der Waals surface area contributed by atoms with Gasteiger partial charge in [0, 0.05) is 22.7 Å². The number of benzene rings is 4. The van der Waals surface area contributed by atoms with Crippen molar-refractivity contribution >= 4 is 21.5 Å². The Morgan fingerprint density at radius 2 is 1.12 bits per heavy atom. The summed E-state index contributed by atoms with van der Waals surface area (Å²) in [5.74, 6) is 0. The average molecular weight is 331 g/mol. The number of aromatic nitrogens is 1. The summed E-state index contributed by atoms with van der Waals surface area (Å²) in [6.07, 6.45) is 2.02. The van der Waals surface area contributed by atoms with E-state index in [1.54, 1.807) is 0 Å². The van der Waals surface area contributed by atoms with E-state index >= 15 is 0 Å². The summed E-state index contributed by atoms with van der Waals surface area (Å²) in [4.78, 5) is 4.90. The Labute approximate surface area is 152 Å². The number of fused-ring (bicyclic) bond motifs is 3. The van der Waals surface area contributed by atoms with Crippen LogP contribution in [0.4, 0.5) is 0 Å². The largest absolute Gasteiger partial charge is 0.255 e. The minimum Gasteiger partial charge on any atom is -0.255 e. The minimum absolute atomic E-state index is 1.03. The standard InChI is InChI=1S/C25H17N/c1-3-10-19(11-4-1)24-22-16-15-18-9-7-8-14-21(18)23(22)17-26-25(24)20-12-5-2-6-13-20/h1-17H. The summed E-state index contributed by atoms with van der Waals surface area (Å²) in [6.45, 7) is 0. The van der Waals surface area contributed by atoms with Crippen LogP contribution in [0.3, 0.4) is 0 Å². The molecule has 0 atom stereocenters. The normalized spacial score (nSPS) is 11.1. The molecule has 0 aliphatic heterocycles. The molecule has 1 heteroatoms. The lowest BCUT2D eigenvalue weighted by atomic mass is 9.92. The van der Waals surface area contributed by atoms with Gasteiger partial charge in [0.05, 0.1) is 5.69 Å². The minimum atomic E-state index is 1.03. The van der Waals surface area contributed by atoms with Crippen LogP contribution in [0.25, 0.3) is 43.9 Å². The van der Waals surface area contributed by atoms with Crippen LogP contribution in [0.15, 0.2) is 103 Å². The van der Waals surface area contributed by atoms with Gasteiger partial charge in [-0.25, -0.2) is 0 Å². The zero-order chi connectivity index (χ0) is 17.3. The molecule has 1 nitrogen and oxygen atoms in total. The Morgan fingerprint density at radius 3 is 1.88 bits per heavy atom. The van der Waals surface area contributed by atoms with Crippen LogP contribution < -0.4 is 0 Å². The van der Waals surface area contributed by atoms with E-state index in [9.17, 15) is 0 Å². The molecule has 5 aromatic rings. The van der Waals surface area contributed by atoms with Crippen LogP contribution in [0.1, 0.15) is 0 Å². The molecule has 0 N–H and O–H groups in total. The number of rotatable bonds is 2. The van der Waals surface area contributed by atoms with Gasteiger partial charge in [0.2, 0.25) is 0 Å². The van der Waals surface area contributed by atoms with Crippen molar-refractivity contribution in [3.8, 4) is 22.4 Å². The summed E-state index contributed by atoms with van der Waals surface area (Å²) in [6, 6.07) is 33.9. The maximum absolute atomic E-state index is 4.90. The van der Waals surface area contributed by atoms with E-state index in [0.29, 0.717) is 0 Å². The van der Waals surface area contributed by atoms with Gasteiger partial charge in [-0.05, 0) is 21.7 Å². The molecule has 4 aromatic carbocycles. The van der Waals surface area contributed by atoms with Gasteiger partial charge in [-0.2, -0.15) is 0 Å². The van der Waals surface area contributed by atoms with Crippen LogP contribution in [-0.2, 0) is 0 Å². The van der Waals surface area contributed by atoms with Gasteiger partial charge >= 0.3 is 0 Å². The van der Waals surface area contributed by atoms with Crippen molar-refractivity contribution in [1.29, 1.82) is 0 Å². The second kappa shape index (κ2) is 6.12. The first-order chi connectivity index (χ1) is 12.9. The molecule has 0 bridgehead atoms. The fourth-order valence-corrected chi connectivity index (χ4v) is 3.69. The molecule has 0 amide bonds. The molecule has 0 fully saturated rings. The van der Waals surface area contributed by atoms with Gasteiger partial charge in [0.1, 0.15) is 0 Å². The van der Waals surface area contributed by atoms with E-state index in [1.807, 2.05) is 12.3 Å². The Bertz CT molecular complexity index is 1210. The monoisotopic (exact) mass is 331 g/mol. The molecule has 5 rings (SSSR count). The summed E-state index contributed by atoms with van der Waals surface area (Å²) in [5, 5.41) is 4.92. The van der Waals surface area contributed by atoms with Crippen molar-refractivity contribution in [2.75, 3.05) is 0 Å². The zero-order valence-electron chi connectivity index (χ0n) is 14.3. The molecule has 1 heterocycles. The topological polar surface area (TPSA) is 12.9 Å². The zero-order valence-corrected chi connectivity index (χ0v) is 14.3. The van der Waals surface area contributed by atoms with Crippen molar-refractivity contribution in [3.63, 3.8) is 0 Å². The van der Waals surface area contributed by atoms with E-state index < -0.39 is 0 Å². The molecule has 0 spiro atoms. The van der Waals surface area contributed by atoms with Crippen LogP contribution in [0.5, 0.6) is 0 Å². The first-order valence-corrected chi connectivity index (χ1v) is 8.83. The van der Waals surface area contributed by atoms with Crippen molar-refractivity contribution in [2.24, 2.45) is 0 Å². The van der Waals surface area contributed by atoms with Gasteiger partial charge in [-0.1, -0.05) is 97.1 Å². The van der Waals surface area contributed by atoms with Gasteiger partial charge in [-0.15, -0.1) is 0 Å². The molecule has 26 heavy (non-hydrogen) atoms. The van der Waals surface area contributed by atoms with Crippen molar-refractivity contribution in [1.82, 2.24) is 4.98 Å². The van der Waals surface area contributed by atoms with E-state index in [4.69, 9.17) is 4.98 Å². The van der Waals surface area contributed by atoms with Crippen molar-refractivity contribution < 1.29 is 0 Å². The molecule has 0 radical (unpaired) electrons. The summed E-state index contributed by atoms with van der Waals surface area (Å²) < 4.78 is 0. The van der Waals surface area contributed by atoms with Gasteiger partial charge in [0.15, 0.2) is 0 Å². The highest BCUT2D eigenvalue weighted by Crippen LogP contribution is 2.38. The summed E-state index contributed by atoms with van der Waals surface area (Å²) >= 11 is 0. The highest BCUT2D eigenvalue weighted by Gasteiger charge is 2.14. The highest BCUT2D eigenvalue weighted by atomic mass is 14.7. The fraction of sp³-hybridized carbons (Fsp3) is 0. The first kappa shape index (κ1) is 14.9. The third-order valence-corrected chi connectivity index (χ3v) is 4.91. The third-order valence-electron chi connectivity index (χ3n) is 4.91. The van der Waals surface area contributed by atoms with Gasteiger partial charge in [-0.3, -0.25) is 4.98 Å². The molecule has 0 saturated heterocycles. The predicted molar refractivity (Wildman–Crippen MR) is 110 cm³/mol. The molecular formula is C25H17N. The molecule has 122 valence electrons. The molecule has 0 aliphatic carbocycles. The molecule has 0 unspecified atom stereocenters. The summed E-state index contributed by atoms with van der Waals surface area (Å²) in [5.41, 5.74) is 4.56. The number of hydrogen-bond acceptors (Lipinski definition) is 1. The van der Waals surface area contributed by atoms with Crippen LogP contribution in [0.2, 0.25) is 0 Å². The molecule has 1 aromatic heterocycles. The second-order valence-corrected chi connectivity index (χ2v) is 6.46. The Morgan fingerprint density at radius 1 is 0.462 bits per heavy atom. The van der Waals surface area contributed by atoms with E-state index in [-0.39, 0.29) is 0 Å². The maximum Gasteiger partial charge on any atom is 0.0786 e. The summed E-state index contributed by atoms with van der Waals surface area (Å²) in [7, 11) is 0. The van der Waals surface area contributed by atoms with Gasteiger partial charge in [0.25, 0.3) is 0 Å². The molecule has 0 aliphatic rings. The lowest BCUT2D eigenvalue weighted by Gasteiger charge is -2.14. The van der Waals surface area contributed by atoms with Crippen molar-refractivity contribution in [3.05, 3.63) is 103 Å². The van der Waals surface area contributed by atoms with E-state index in [1.165, 1.54) is 32.7 Å². The molecule has 0 saturated carbocycles. The Hall–Kier alpha value is -3.45. The number of nitrogens with zero attached hydrogens (tertiary/aromatic N) is 1. The maximum atomic E-state index is 4.90. The first-order valence-electron chi connectivity index (χ1n) is 8.83. The number of pyridine rings is 1. The van der Waals surface area contributed by atoms with Crippen LogP contribution >= 0.6 is 0 Å². The quantitative estimate of drug-likeness (QED) is 0.327. The molecular weight excluding hydrogens is 314 g/mol. The van der Waals surface area contributed by atoms with E-state index in [2.05, 4.69) is 91.0 Å². The highest BCUT2D eigenvalue weighted by molar-refractivity contribution is 6.13.